The van der Waals surface area contributed by atoms with E-state index in [2.05, 4.69) is 40.7 Å². The first-order chi connectivity index (χ1) is 12.6. The second kappa shape index (κ2) is 7.03. The molecular formula is C20H16Cl2N2OS. The van der Waals surface area contributed by atoms with E-state index in [1.54, 1.807) is 29.5 Å². The second-order valence-corrected chi connectivity index (χ2v) is 8.00. The maximum absolute atomic E-state index is 12.7. The van der Waals surface area contributed by atoms with Gasteiger partial charge in [-0.2, -0.15) is 4.99 Å². The Morgan fingerprint density at radius 3 is 2.77 bits per heavy atom. The minimum Gasteiger partial charge on any atom is -0.316 e. The summed E-state index contributed by atoms with van der Waals surface area (Å²) in [5.41, 5.74) is 4.14. The lowest BCUT2D eigenvalue weighted by atomic mass is 9.93. The van der Waals surface area contributed by atoms with Crippen molar-refractivity contribution in [1.82, 2.24) is 4.57 Å². The number of aromatic nitrogens is 1. The van der Waals surface area contributed by atoms with Crippen LogP contribution >= 0.6 is 34.5 Å². The highest BCUT2D eigenvalue weighted by Gasteiger charge is 2.22. The van der Waals surface area contributed by atoms with Crippen molar-refractivity contribution in [1.29, 1.82) is 0 Å². The number of hydrogen-bond acceptors (Lipinski definition) is 2. The number of hydrogen-bond donors (Lipinski definition) is 0. The highest BCUT2D eigenvalue weighted by molar-refractivity contribution is 7.09. The Morgan fingerprint density at radius 2 is 2.00 bits per heavy atom. The summed E-state index contributed by atoms with van der Waals surface area (Å²) >= 11 is 13.7. The van der Waals surface area contributed by atoms with Crippen LogP contribution in [0.1, 0.15) is 27.7 Å². The maximum Gasteiger partial charge on any atom is 0.281 e. The number of nitrogens with zero attached hydrogens (tertiary/aromatic N) is 2. The zero-order chi connectivity index (χ0) is 18.3. The molecule has 6 heteroatoms. The van der Waals surface area contributed by atoms with Crippen molar-refractivity contribution in [3.8, 4) is 11.3 Å². The van der Waals surface area contributed by atoms with E-state index in [4.69, 9.17) is 23.2 Å². The van der Waals surface area contributed by atoms with Gasteiger partial charge < -0.3 is 4.57 Å². The molecule has 1 aliphatic rings. The fourth-order valence-electron chi connectivity index (χ4n) is 3.33. The molecule has 0 unspecified atom stereocenters. The Kier molecular flexibility index (Phi) is 4.74. The topological polar surface area (TPSA) is 34.4 Å². The molecular weight excluding hydrogens is 387 g/mol. The highest BCUT2D eigenvalue weighted by Crippen LogP contribution is 2.34. The number of rotatable bonds is 2. The van der Waals surface area contributed by atoms with Crippen LogP contribution in [0.2, 0.25) is 10.0 Å². The van der Waals surface area contributed by atoms with Crippen LogP contribution in [-0.2, 0) is 19.4 Å². The predicted octanol–water partition coefficient (Wildman–Crippen LogP) is 5.38. The molecule has 1 aromatic heterocycles. The molecule has 0 fully saturated rings. The lowest BCUT2D eigenvalue weighted by molar-refractivity contribution is 0.0998. The van der Waals surface area contributed by atoms with Gasteiger partial charge in [-0.25, -0.2) is 0 Å². The lowest BCUT2D eigenvalue weighted by Crippen LogP contribution is -2.18. The largest absolute Gasteiger partial charge is 0.316 e. The normalized spacial score (nSPS) is 13.4. The monoisotopic (exact) mass is 402 g/mol. The molecule has 4 rings (SSSR count). The van der Waals surface area contributed by atoms with Crippen LogP contribution in [0.5, 0.6) is 0 Å². The van der Waals surface area contributed by atoms with E-state index in [0.29, 0.717) is 20.4 Å². The number of amides is 1. The van der Waals surface area contributed by atoms with Crippen LogP contribution in [0, 0.1) is 0 Å². The van der Waals surface area contributed by atoms with Gasteiger partial charge in [-0.3, -0.25) is 4.79 Å². The standard InChI is InChI=1S/C20H16Cl2N2OS/c1-2-24-18-14-6-4-3-5-12(14)7-10-17(18)26-20(24)23-19(25)15-9-8-13(21)11-16(15)22/h3-6,8-9,11H,2,7,10H2,1H3. The fourth-order valence-corrected chi connectivity index (χ4v) is 5.02. The summed E-state index contributed by atoms with van der Waals surface area (Å²) in [6.07, 6.45) is 1.99. The van der Waals surface area contributed by atoms with E-state index in [9.17, 15) is 4.79 Å². The number of fused-ring (bicyclic) bond motifs is 3. The summed E-state index contributed by atoms with van der Waals surface area (Å²) in [7, 11) is 0. The van der Waals surface area contributed by atoms with Gasteiger partial charge in [-0.05, 0) is 43.5 Å². The van der Waals surface area contributed by atoms with Crippen molar-refractivity contribution >= 4 is 40.4 Å². The van der Waals surface area contributed by atoms with Crippen molar-refractivity contribution < 1.29 is 4.79 Å². The highest BCUT2D eigenvalue weighted by atomic mass is 35.5. The molecule has 0 saturated carbocycles. The van der Waals surface area contributed by atoms with Crippen molar-refractivity contribution in [2.24, 2.45) is 4.99 Å². The second-order valence-electron chi connectivity index (χ2n) is 6.10. The Bertz CT molecular complexity index is 1080. The third-order valence-corrected chi connectivity index (χ3v) is 6.23. The molecule has 0 N–H and O–H groups in total. The Hall–Kier alpha value is -1.88. The van der Waals surface area contributed by atoms with Gasteiger partial charge in [0.1, 0.15) is 0 Å². The molecule has 3 aromatic rings. The third kappa shape index (κ3) is 3.02. The average molecular weight is 403 g/mol. The lowest BCUT2D eigenvalue weighted by Gasteiger charge is -2.17. The average Bonchev–Trinajstić information content (AvgIpc) is 2.99. The number of benzene rings is 2. The number of carbonyl (C=O) groups is 1. The van der Waals surface area contributed by atoms with E-state index in [-0.39, 0.29) is 5.91 Å². The molecule has 132 valence electrons. The SMILES string of the molecule is CCn1c2c(sc1=NC(=O)c1ccc(Cl)cc1Cl)CCc1ccccc1-2. The summed E-state index contributed by atoms with van der Waals surface area (Å²) in [5.74, 6) is -0.347. The van der Waals surface area contributed by atoms with Gasteiger partial charge in [-0.1, -0.05) is 47.5 Å². The molecule has 1 heterocycles. The minimum absolute atomic E-state index is 0.320. The number of carbonyl (C=O) groups excluding carboxylic acids is 1. The summed E-state index contributed by atoms with van der Waals surface area (Å²) in [6, 6.07) is 13.3. The molecule has 0 saturated heterocycles. The molecule has 0 aliphatic heterocycles. The number of aryl methyl sites for hydroxylation is 2. The van der Waals surface area contributed by atoms with Gasteiger partial charge in [0.25, 0.3) is 5.91 Å². The molecule has 2 aromatic carbocycles. The zero-order valence-electron chi connectivity index (χ0n) is 14.1. The van der Waals surface area contributed by atoms with Crippen molar-refractivity contribution in [2.75, 3.05) is 0 Å². The van der Waals surface area contributed by atoms with E-state index in [0.717, 1.165) is 19.4 Å². The summed E-state index contributed by atoms with van der Waals surface area (Å²) < 4.78 is 2.12. The van der Waals surface area contributed by atoms with E-state index < -0.39 is 0 Å². The quantitative estimate of drug-likeness (QED) is 0.566. The Labute approximate surface area is 165 Å². The van der Waals surface area contributed by atoms with Crippen molar-refractivity contribution in [3.05, 3.63) is 73.3 Å². The van der Waals surface area contributed by atoms with Crippen LogP contribution in [-0.4, -0.2) is 10.5 Å². The van der Waals surface area contributed by atoms with Crippen molar-refractivity contribution in [3.63, 3.8) is 0 Å². The van der Waals surface area contributed by atoms with Gasteiger partial charge in [0.15, 0.2) is 4.80 Å². The van der Waals surface area contributed by atoms with E-state index in [1.807, 2.05) is 0 Å². The first-order valence-electron chi connectivity index (χ1n) is 8.43. The Morgan fingerprint density at radius 1 is 1.19 bits per heavy atom. The summed E-state index contributed by atoms with van der Waals surface area (Å²) in [6.45, 7) is 2.82. The first-order valence-corrected chi connectivity index (χ1v) is 10.0. The summed E-state index contributed by atoms with van der Waals surface area (Å²) in [4.78, 5) is 19.0. The predicted molar refractivity (Wildman–Crippen MR) is 107 cm³/mol. The summed E-state index contributed by atoms with van der Waals surface area (Å²) in [5, 5.41) is 0.819. The van der Waals surface area contributed by atoms with Crippen LogP contribution < -0.4 is 4.80 Å². The zero-order valence-corrected chi connectivity index (χ0v) is 16.5. The Balaban J connectivity index is 1.85. The van der Waals surface area contributed by atoms with Crippen molar-refractivity contribution in [2.45, 2.75) is 26.3 Å². The minimum atomic E-state index is -0.347. The van der Waals surface area contributed by atoms with Crippen LogP contribution in [0.4, 0.5) is 0 Å². The molecule has 1 aliphatic carbocycles. The molecule has 0 spiro atoms. The molecule has 3 nitrogen and oxygen atoms in total. The molecule has 0 radical (unpaired) electrons. The van der Waals surface area contributed by atoms with Crippen LogP contribution in [0.15, 0.2) is 47.5 Å². The third-order valence-electron chi connectivity index (χ3n) is 4.55. The smallest absolute Gasteiger partial charge is 0.281 e. The van der Waals surface area contributed by atoms with Gasteiger partial charge in [0.05, 0.1) is 16.3 Å². The van der Waals surface area contributed by atoms with Gasteiger partial charge in [0.2, 0.25) is 0 Å². The molecule has 26 heavy (non-hydrogen) atoms. The van der Waals surface area contributed by atoms with E-state index in [1.165, 1.54) is 21.7 Å². The van der Waals surface area contributed by atoms with Gasteiger partial charge >= 0.3 is 0 Å². The molecule has 1 amide bonds. The van der Waals surface area contributed by atoms with Gasteiger partial charge in [0, 0.05) is 22.0 Å². The number of thiazole rings is 1. The number of halogens is 2. The maximum atomic E-state index is 12.7. The fraction of sp³-hybridized carbons (Fsp3) is 0.200. The molecule has 0 bridgehead atoms. The van der Waals surface area contributed by atoms with Gasteiger partial charge in [-0.15, -0.1) is 11.3 Å². The first kappa shape index (κ1) is 17.5. The van der Waals surface area contributed by atoms with Crippen LogP contribution in [0.25, 0.3) is 11.3 Å². The molecule has 0 atom stereocenters. The van der Waals surface area contributed by atoms with E-state index >= 15 is 0 Å². The van der Waals surface area contributed by atoms with Crippen LogP contribution in [0.3, 0.4) is 0 Å².